The number of hydrogen-bond acceptors (Lipinski definition) is 5. The molecule has 2 aromatic rings. The van der Waals surface area contributed by atoms with E-state index in [9.17, 15) is 13.2 Å². The topological polar surface area (TPSA) is 99.9 Å². The summed E-state index contributed by atoms with van der Waals surface area (Å²) in [4.78, 5) is 0. The van der Waals surface area contributed by atoms with Gasteiger partial charge in [-0.2, -0.15) is 13.2 Å². The third kappa shape index (κ3) is 5.11. The van der Waals surface area contributed by atoms with Crippen molar-refractivity contribution in [1.82, 2.24) is 5.12 Å². The minimum absolute atomic E-state index is 0.105. The molecule has 0 atom stereocenters. The first-order valence-electron chi connectivity index (χ1n) is 7.73. The van der Waals surface area contributed by atoms with Gasteiger partial charge in [-0.25, -0.2) is 11.0 Å². The molecule has 6 N–H and O–H groups in total. The van der Waals surface area contributed by atoms with Crippen LogP contribution in [0.4, 0.5) is 24.5 Å². The van der Waals surface area contributed by atoms with Crippen LogP contribution in [0.1, 0.15) is 16.7 Å². The van der Waals surface area contributed by atoms with Gasteiger partial charge in [0, 0.05) is 16.9 Å². The molecule has 140 valence electrons. The molecule has 0 unspecified atom stereocenters. The molecular weight excluding hydrogens is 347 g/mol. The second kappa shape index (κ2) is 8.07. The zero-order chi connectivity index (χ0) is 19.3. The van der Waals surface area contributed by atoms with Gasteiger partial charge in [0.05, 0.1) is 18.7 Å². The van der Waals surface area contributed by atoms with E-state index >= 15 is 0 Å². The Morgan fingerprint density at radius 3 is 2.42 bits per heavy atom. The van der Waals surface area contributed by atoms with Crippen molar-refractivity contribution >= 4 is 17.2 Å². The Morgan fingerprint density at radius 2 is 1.85 bits per heavy atom. The Morgan fingerprint density at radius 1 is 1.19 bits per heavy atom. The largest absolute Gasteiger partial charge is 0.416 e. The monoisotopic (exact) mass is 367 g/mol. The summed E-state index contributed by atoms with van der Waals surface area (Å²) >= 11 is 0. The minimum Gasteiger partial charge on any atom is -0.394 e. The van der Waals surface area contributed by atoms with Gasteiger partial charge in [-0.05, 0) is 48.9 Å². The molecule has 0 amide bonds. The van der Waals surface area contributed by atoms with E-state index in [1.807, 2.05) is 13.0 Å². The molecule has 0 aliphatic carbocycles. The van der Waals surface area contributed by atoms with Crippen molar-refractivity contribution in [3.63, 3.8) is 0 Å². The van der Waals surface area contributed by atoms with Gasteiger partial charge >= 0.3 is 6.18 Å². The first kappa shape index (κ1) is 19.5. The molecule has 6 nitrogen and oxygen atoms in total. The highest BCUT2D eigenvalue weighted by molar-refractivity contribution is 6.03. The Bertz CT molecular complexity index is 775. The van der Waals surface area contributed by atoms with Crippen molar-refractivity contribution in [3.05, 3.63) is 59.2 Å². The van der Waals surface area contributed by atoms with Gasteiger partial charge in [-0.3, -0.25) is 0 Å². The minimum atomic E-state index is -4.39. The molecule has 0 saturated carbocycles. The van der Waals surface area contributed by atoms with Crippen molar-refractivity contribution < 1.29 is 18.3 Å². The highest BCUT2D eigenvalue weighted by Gasteiger charge is 2.29. The lowest BCUT2D eigenvalue weighted by Crippen LogP contribution is -2.32. The van der Waals surface area contributed by atoms with E-state index in [2.05, 4.69) is 10.4 Å². The Balaban J connectivity index is 2.30. The zero-order valence-electron chi connectivity index (χ0n) is 14.1. The van der Waals surface area contributed by atoms with E-state index in [0.717, 1.165) is 22.8 Å². The summed E-state index contributed by atoms with van der Waals surface area (Å²) in [6.07, 6.45) is -4.39. The van der Waals surface area contributed by atoms with Crippen LogP contribution in [0, 0.1) is 6.92 Å². The van der Waals surface area contributed by atoms with Crippen molar-refractivity contribution in [2.45, 2.75) is 13.1 Å². The van der Waals surface area contributed by atoms with E-state index in [4.69, 9.17) is 16.7 Å². The maximum Gasteiger partial charge on any atom is 0.416 e. The summed E-state index contributed by atoms with van der Waals surface area (Å²) in [7, 11) is 0. The fourth-order valence-electron chi connectivity index (χ4n) is 2.23. The van der Waals surface area contributed by atoms with E-state index < -0.39 is 11.7 Å². The number of amidine groups is 1. The SMILES string of the molecule is Cc1ccc(/C(N)=N/N(N)CCO)c(Nc2ccc(C(F)(F)F)cc2)c1. The number of aryl methyl sites for hydroxylation is 1. The summed E-state index contributed by atoms with van der Waals surface area (Å²) in [6, 6.07) is 10.0. The number of benzene rings is 2. The number of nitrogens with zero attached hydrogens (tertiary/aromatic N) is 2. The molecule has 2 rings (SSSR count). The summed E-state index contributed by atoms with van der Waals surface area (Å²) in [5.74, 6) is 5.70. The first-order chi connectivity index (χ1) is 12.2. The standard InChI is InChI=1S/C17H20F3N5O/c1-11-2-7-14(16(21)24-25(22)8-9-26)15(10-11)23-13-5-3-12(4-6-13)17(18,19)20/h2-7,10,23,26H,8-9,22H2,1H3,(H2,21,24). The van der Waals surface area contributed by atoms with Gasteiger partial charge in [0.15, 0.2) is 5.84 Å². The van der Waals surface area contributed by atoms with Crippen LogP contribution in [-0.4, -0.2) is 29.2 Å². The smallest absolute Gasteiger partial charge is 0.394 e. The van der Waals surface area contributed by atoms with Crippen LogP contribution in [0.5, 0.6) is 0 Å². The number of aliphatic hydroxyl groups excluding tert-OH is 1. The van der Waals surface area contributed by atoms with Crippen LogP contribution in [0.3, 0.4) is 0 Å². The molecule has 0 aromatic heterocycles. The second-order valence-electron chi connectivity index (χ2n) is 5.62. The highest BCUT2D eigenvalue weighted by Crippen LogP contribution is 2.31. The Kier molecular flexibility index (Phi) is 6.06. The van der Waals surface area contributed by atoms with Gasteiger partial charge < -0.3 is 16.2 Å². The fourth-order valence-corrected chi connectivity index (χ4v) is 2.23. The maximum absolute atomic E-state index is 12.7. The predicted octanol–water partition coefficient (Wildman–Crippen LogP) is 2.55. The third-order valence-corrected chi connectivity index (χ3v) is 3.51. The average Bonchev–Trinajstić information content (AvgIpc) is 2.54. The molecule has 0 heterocycles. The molecule has 0 saturated heterocycles. The zero-order valence-corrected chi connectivity index (χ0v) is 14.1. The lowest BCUT2D eigenvalue weighted by atomic mass is 10.1. The van der Waals surface area contributed by atoms with Gasteiger partial charge in [0.1, 0.15) is 0 Å². The molecule has 2 aromatic carbocycles. The number of hydrazone groups is 1. The van der Waals surface area contributed by atoms with E-state index in [-0.39, 0.29) is 19.0 Å². The van der Waals surface area contributed by atoms with E-state index in [1.54, 1.807) is 12.1 Å². The summed E-state index contributed by atoms with van der Waals surface area (Å²) in [6.45, 7) is 1.79. The van der Waals surface area contributed by atoms with Crippen LogP contribution >= 0.6 is 0 Å². The number of anilines is 2. The maximum atomic E-state index is 12.7. The Hall–Kier alpha value is -2.78. The number of hydrogen-bond donors (Lipinski definition) is 4. The molecule has 0 radical (unpaired) electrons. The van der Waals surface area contributed by atoms with Gasteiger partial charge in [-0.15, -0.1) is 5.10 Å². The van der Waals surface area contributed by atoms with E-state index in [1.165, 1.54) is 12.1 Å². The van der Waals surface area contributed by atoms with Crippen LogP contribution in [0.15, 0.2) is 47.6 Å². The van der Waals surface area contributed by atoms with E-state index in [0.29, 0.717) is 16.9 Å². The molecule has 26 heavy (non-hydrogen) atoms. The van der Waals surface area contributed by atoms with Crippen LogP contribution < -0.4 is 16.9 Å². The normalized spacial score (nSPS) is 12.2. The second-order valence-corrected chi connectivity index (χ2v) is 5.62. The van der Waals surface area contributed by atoms with Crippen LogP contribution in [0.2, 0.25) is 0 Å². The van der Waals surface area contributed by atoms with Gasteiger partial charge in [0.2, 0.25) is 0 Å². The Labute approximate surface area is 148 Å². The highest BCUT2D eigenvalue weighted by atomic mass is 19.4. The van der Waals surface area contributed by atoms with Gasteiger partial charge in [-0.1, -0.05) is 6.07 Å². The molecule has 0 spiro atoms. The van der Waals surface area contributed by atoms with Crippen molar-refractivity contribution in [1.29, 1.82) is 0 Å². The van der Waals surface area contributed by atoms with Crippen molar-refractivity contribution in [3.8, 4) is 0 Å². The number of halogens is 3. The van der Waals surface area contributed by atoms with Crippen molar-refractivity contribution in [2.24, 2.45) is 16.7 Å². The molecule has 0 aliphatic heterocycles. The number of aliphatic hydroxyl groups is 1. The lowest BCUT2D eigenvalue weighted by Gasteiger charge is -2.16. The number of hydrazine groups is 1. The quantitative estimate of drug-likeness (QED) is 0.272. The number of rotatable bonds is 6. The molecule has 0 bridgehead atoms. The van der Waals surface area contributed by atoms with Gasteiger partial charge in [0.25, 0.3) is 0 Å². The van der Waals surface area contributed by atoms with Crippen LogP contribution in [0.25, 0.3) is 0 Å². The fraction of sp³-hybridized carbons (Fsp3) is 0.235. The number of nitrogens with two attached hydrogens (primary N) is 2. The molecular formula is C17H20F3N5O. The van der Waals surface area contributed by atoms with Crippen LogP contribution in [-0.2, 0) is 6.18 Å². The summed E-state index contributed by atoms with van der Waals surface area (Å²) < 4.78 is 38.0. The summed E-state index contributed by atoms with van der Waals surface area (Å²) in [5.41, 5.74) is 7.75. The van der Waals surface area contributed by atoms with Crippen molar-refractivity contribution in [2.75, 3.05) is 18.5 Å². The number of alkyl halides is 3. The third-order valence-electron chi connectivity index (χ3n) is 3.51. The average molecular weight is 367 g/mol. The molecule has 0 fully saturated rings. The molecule has 0 aliphatic rings. The molecule has 9 heteroatoms. The summed E-state index contributed by atoms with van der Waals surface area (Å²) in [5, 5.41) is 16.9. The lowest BCUT2D eigenvalue weighted by molar-refractivity contribution is -0.137. The first-order valence-corrected chi connectivity index (χ1v) is 7.73. The number of nitrogens with one attached hydrogen (secondary N) is 1. The predicted molar refractivity (Wildman–Crippen MR) is 94.6 cm³/mol.